The average Bonchev–Trinajstić information content (AvgIpc) is 2.73. The van der Waals surface area contributed by atoms with E-state index in [1.54, 1.807) is 19.2 Å². The van der Waals surface area contributed by atoms with Gasteiger partial charge in [-0.3, -0.25) is 4.90 Å². The van der Waals surface area contributed by atoms with E-state index in [0.717, 1.165) is 57.0 Å². The quantitative estimate of drug-likeness (QED) is 0.762. The number of piperazine rings is 1. The Hall–Kier alpha value is -2.63. The minimum atomic E-state index is -0.872. The van der Waals surface area contributed by atoms with Gasteiger partial charge in [-0.05, 0) is 41.8 Å². The Morgan fingerprint density at radius 3 is 2.46 bits per heavy atom. The second-order valence-corrected chi connectivity index (χ2v) is 7.07. The molecule has 1 fully saturated rings. The molecule has 0 saturated carbocycles. The second kappa shape index (κ2) is 10.1. The summed E-state index contributed by atoms with van der Waals surface area (Å²) in [5.74, 6) is 0.0106. The molecular formula is C23H28N2O3. The van der Waals surface area contributed by atoms with E-state index in [-0.39, 0.29) is 0 Å². The van der Waals surface area contributed by atoms with Gasteiger partial charge < -0.3 is 14.7 Å². The lowest BCUT2D eigenvalue weighted by atomic mass is 10.1. The molecule has 0 bridgehead atoms. The van der Waals surface area contributed by atoms with Crippen LogP contribution in [0.15, 0.2) is 54.6 Å². The summed E-state index contributed by atoms with van der Waals surface area (Å²) in [5, 5.41) is 8.96. The number of aromatic carboxylic acids is 1. The number of methoxy groups -OCH3 is 1. The predicted molar refractivity (Wildman–Crippen MR) is 112 cm³/mol. The Morgan fingerprint density at radius 2 is 1.79 bits per heavy atom. The largest absolute Gasteiger partial charge is 0.497 e. The highest BCUT2D eigenvalue weighted by molar-refractivity contribution is 5.87. The van der Waals surface area contributed by atoms with Gasteiger partial charge in [0.15, 0.2) is 0 Å². The van der Waals surface area contributed by atoms with Gasteiger partial charge in [0.25, 0.3) is 0 Å². The fraction of sp³-hybridized carbons (Fsp3) is 0.348. The zero-order valence-corrected chi connectivity index (χ0v) is 16.4. The van der Waals surface area contributed by atoms with E-state index in [9.17, 15) is 4.79 Å². The van der Waals surface area contributed by atoms with Crippen LogP contribution >= 0.6 is 0 Å². The molecule has 5 heteroatoms. The molecule has 0 amide bonds. The van der Waals surface area contributed by atoms with Crippen molar-refractivity contribution in [2.24, 2.45) is 0 Å². The first kappa shape index (κ1) is 20.1. The maximum Gasteiger partial charge on any atom is 0.335 e. The van der Waals surface area contributed by atoms with E-state index >= 15 is 0 Å². The topological polar surface area (TPSA) is 53.0 Å². The summed E-state index contributed by atoms with van der Waals surface area (Å²) in [5.41, 5.74) is 2.69. The summed E-state index contributed by atoms with van der Waals surface area (Å²) in [6, 6.07) is 15.3. The number of hydrogen-bond donors (Lipinski definition) is 1. The van der Waals surface area contributed by atoms with Crippen molar-refractivity contribution in [2.45, 2.75) is 6.42 Å². The van der Waals surface area contributed by atoms with Crippen molar-refractivity contribution in [3.63, 3.8) is 0 Å². The van der Waals surface area contributed by atoms with Crippen LogP contribution < -0.4 is 4.74 Å². The molecule has 0 spiro atoms. The van der Waals surface area contributed by atoms with Gasteiger partial charge in [0.05, 0.1) is 12.7 Å². The summed E-state index contributed by atoms with van der Waals surface area (Å²) in [6.07, 6.45) is 5.32. The molecule has 28 heavy (non-hydrogen) atoms. The lowest BCUT2D eigenvalue weighted by molar-refractivity contribution is 0.0697. The standard InChI is InChI=1S/C23H28N2O3/c1-28-22-6-2-4-20(18-22)5-3-12-24-14-16-25(17-15-24)13-11-19-7-9-21(10-8-19)23(26)27/h2-10,18H,11-17H2,1H3,(H,26,27)/b5-3+. The third-order valence-electron chi connectivity index (χ3n) is 5.15. The highest BCUT2D eigenvalue weighted by Crippen LogP contribution is 2.14. The summed E-state index contributed by atoms with van der Waals surface area (Å²) < 4.78 is 5.26. The summed E-state index contributed by atoms with van der Waals surface area (Å²) >= 11 is 0. The molecule has 0 radical (unpaired) electrons. The summed E-state index contributed by atoms with van der Waals surface area (Å²) in [7, 11) is 1.69. The number of carbonyl (C=O) groups is 1. The van der Waals surface area contributed by atoms with Crippen molar-refractivity contribution in [3.8, 4) is 5.75 Å². The first-order valence-corrected chi connectivity index (χ1v) is 9.71. The van der Waals surface area contributed by atoms with Gasteiger partial charge >= 0.3 is 5.97 Å². The second-order valence-electron chi connectivity index (χ2n) is 7.07. The van der Waals surface area contributed by atoms with Crippen LogP contribution in [0.1, 0.15) is 21.5 Å². The Morgan fingerprint density at radius 1 is 1.07 bits per heavy atom. The zero-order valence-electron chi connectivity index (χ0n) is 16.4. The lowest BCUT2D eigenvalue weighted by Crippen LogP contribution is -2.46. The van der Waals surface area contributed by atoms with Gasteiger partial charge in [0.2, 0.25) is 0 Å². The van der Waals surface area contributed by atoms with E-state index in [0.29, 0.717) is 5.56 Å². The number of benzene rings is 2. The van der Waals surface area contributed by atoms with Crippen molar-refractivity contribution >= 4 is 12.0 Å². The van der Waals surface area contributed by atoms with Gasteiger partial charge in [-0.2, -0.15) is 0 Å². The maximum absolute atomic E-state index is 10.9. The van der Waals surface area contributed by atoms with Crippen LogP contribution in [0, 0.1) is 0 Å². The van der Waals surface area contributed by atoms with Gasteiger partial charge in [-0.25, -0.2) is 4.79 Å². The van der Waals surface area contributed by atoms with Crippen molar-refractivity contribution in [2.75, 3.05) is 46.4 Å². The Kier molecular flexibility index (Phi) is 7.23. The Bertz CT molecular complexity index is 794. The molecular weight excluding hydrogens is 352 g/mol. The Balaban J connectivity index is 1.38. The van der Waals surface area contributed by atoms with E-state index in [4.69, 9.17) is 9.84 Å². The molecule has 0 atom stereocenters. The number of rotatable bonds is 8. The molecule has 3 rings (SSSR count). The van der Waals surface area contributed by atoms with Gasteiger partial charge in [-0.1, -0.05) is 36.4 Å². The van der Waals surface area contributed by atoms with Crippen LogP contribution in [0.25, 0.3) is 6.08 Å². The first-order valence-electron chi connectivity index (χ1n) is 9.71. The summed E-state index contributed by atoms with van der Waals surface area (Å²) in [6.45, 7) is 6.25. The monoisotopic (exact) mass is 380 g/mol. The molecule has 1 aliphatic rings. The first-order chi connectivity index (χ1) is 13.6. The molecule has 148 valence electrons. The highest BCUT2D eigenvalue weighted by Gasteiger charge is 2.15. The van der Waals surface area contributed by atoms with E-state index in [1.165, 1.54) is 5.56 Å². The molecule has 0 aromatic heterocycles. The van der Waals surface area contributed by atoms with Gasteiger partial charge in [0.1, 0.15) is 5.75 Å². The normalized spacial score (nSPS) is 15.8. The smallest absolute Gasteiger partial charge is 0.335 e. The van der Waals surface area contributed by atoms with Gasteiger partial charge in [-0.15, -0.1) is 0 Å². The van der Waals surface area contributed by atoms with Crippen LogP contribution in [0.2, 0.25) is 0 Å². The van der Waals surface area contributed by atoms with Crippen LogP contribution in [0.5, 0.6) is 5.75 Å². The van der Waals surface area contributed by atoms with E-state index in [2.05, 4.69) is 28.0 Å². The van der Waals surface area contributed by atoms with Crippen molar-refractivity contribution in [1.29, 1.82) is 0 Å². The van der Waals surface area contributed by atoms with E-state index < -0.39 is 5.97 Å². The van der Waals surface area contributed by atoms with Crippen molar-refractivity contribution < 1.29 is 14.6 Å². The fourth-order valence-electron chi connectivity index (χ4n) is 3.38. The fourth-order valence-corrected chi connectivity index (χ4v) is 3.38. The molecule has 1 N–H and O–H groups in total. The minimum Gasteiger partial charge on any atom is -0.497 e. The van der Waals surface area contributed by atoms with Crippen LogP contribution in [0.3, 0.4) is 0 Å². The minimum absolute atomic E-state index is 0.347. The number of carboxylic acid groups (broad SMARTS) is 1. The third kappa shape index (κ3) is 5.94. The third-order valence-corrected chi connectivity index (χ3v) is 5.15. The van der Waals surface area contributed by atoms with Gasteiger partial charge in [0, 0.05) is 39.3 Å². The molecule has 2 aromatic rings. The number of nitrogens with zero attached hydrogens (tertiary/aromatic N) is 2. The van der Waals surface area contributed by atoms with Crippen molar-refractivity contribution in [3.05, 3.63) is 71.3 Å². The predicted octanol–water partition coefficient (Wildman–Crippen LogP) is 3.27. The number of carboxylic acids is 1. The Labute approximate surface area is 166 Å². The lowest BCUT2D eigenvalue weighted by Gasteiger charge is -2.34. The SMILES string of the molecule is COc1cccc(/C=C/CN2CCN(CCc3ccc(C(=O)O)cc3)CC2)c1. The highest BCUT2D eigenvalue weighted by atomic mass is 16.5. The average molecular weight is 380 g/mol. The van der Waals surface area contributed by atoms with Crippen LogP contribution in [-0.2, 0) is 6.42 Å². The van der Waals surface area contributed by atoms with Crippen LogP contribution in [-0.4, -0.2) is 67.3 Å². The molecule has 2 aromatic carbocycles. The molecule has 0 unspecified atom stereocenters. The number of hydrogen-bond acceptors (Lipinski definition) is 4. The molecule has 0 aliphatic carbocycles. The van der Waals surface area contributed by atoms with Crippen LogP contribution in [0.4, 0.5) is 0 Å². The maximum atomic E-state index is 10.9. The molecule has 1 aliphatic heterocycles. The molecule has 1 saturated heterocycles. The van der Waals surface area contributed by atoms with Crippen molar-refractivity contribution in [1.82, 2.24) is 9.80 Å². The molecule has 1 heterocycles. The van der Waals surface area contributed by atoms with E-state index in [1.807, 2.05) is 30.3 Å². The number of ether oxygens (including phenoxy) is 1. The molecule has 5 nitrogen and oxygen atoms in total. The zero-order chi connectivity index (χ0) is 19.8. The summed E-state index contributed by atoms with van der Waals surface area (Å²) in [4.78, 5) is 15.9.